The topological polar surface area (TPSA) is 69.4 Å². The molecule has 0 heterocycles. The minimum atomic E-state index is -3.27. The molecule has 1 atom stereocenters. The Kier molecular flexibility index (Phi) is 3.36. The highest BCUT2D eigenvalue weighted by Gasteiger charge is 2.16. The third-order valence-corrected chi connectivity index (χ3v) is 3.26. The van der Waals surface area contributed by atoms with E-state index in [1.807, 2.05) is 0 Å². The number of nitrogens with two attached hydrogens (primary N) is 1. The van der Waals surface area contributed by atoms with Gasteiger partial charge in [0.2, 0.25) is 0 Å². The van der Waals surface area contributed by atoms with Crippen LogP contribution in [0.15, 0.2) is 23.1 Å². The molecular formula is C10H15NO3S. The van der Waals surface area contributed by atoms with Crippen molar-refractivity contribution in [3.8, 4) is 5.75 Å². The maximum absolute atomic E-state index is 11.5. The normalized spacial score (nSPS) is 13.6. The smallest absolute Gasteiger partial charge is 0.175 e. The second-order valence-corrected chi connectivity index (χ2v) is 5.45. The molecule has 0 aliphatic rings. The fraction of sp³-hybridized carbons (Fsp3) is 0.400. The molecule has 0 unspecified atom stereocenters. The molecule has 0 aliphatic carbocycles. The van der Waals surface area contributed by atoms with Gasteiger partial charge in [0, 0.05) is 12.3 Å². The van der Waals surface area contributed by atoms with Gasteiger partial charge < -0.3 is 10.5 Å². The Morgan fingerprint density at radius 3 is 2.40 bits per heavy atom. The number of rotatable bonds is 3. The second-order valence-electron chi connectivity index (χ2n) is 3.46. The van der Waals surface area contributed by atoms with Crippen molar-refractivity contribution >= 4 is 9.84 Å². The van der Waals surface area contributed by atoms with Crippen LogP contribution in [-0.2, 0) is 9.84 Å². The summed E-state index contributed by atoms with van der Waals surface area (Å²) in [5.41, 5.74) is 6.31. The van der Waals surface area contributed by atoms with Crippen LogP contribution in [-0.4, -0.2) is 21.8 Å². The molecule has 5 heteroatoms. The fourth-order valence-corrected chi connectivity index (χ4v) is 2.35. The second kappa shape index (κ2) is 4.20. The standard InChI is InChI=1S/C10H15NO3S/c1-7(11)9-5-4-8(14-2)6-10(9)15(3,12)13/h4-7H,11H2,1-3H3/t7-/m1/s1. The average Bonchev–Trinajstić information content (AvgIpc) is 2.15. The summed E-state index contributed by atoms with van der Waals surface area (Å²) < 4.78 is 28.0. The summed E-state index contributed by atoms with van der Waals surface area (Å²) in [6.45, 7) is 1.75. The summed E-state index contributed by atoms with van der Waals surface area (Å²) in [6.07, 6.45) is 1.16. The molecule has 0 spiro atoms. The molecule has 0 saturated heterocycles. The molecule has 1 aromatic carbocycles. The molecule has 15 heavy (non-hydrogen) atoms. The predicted octanol–water partition coefficient (Wildman–Crippen LogP) is 1.12. The van der Waals surface area contributed by atoms with Crippen molar-refractivity contribution in [2.75, 3.05) is 13.4 Å². The van der Waals surface area contributed by atoms with E-state index in [-0.39, 0.29) is 10.9 Å². The molecular weight excluding hydrogens is 214 g/mol. The highest BCUT2D eigenvalue weighted by molar-refractivity contribution is 7.90. The highest BCUT2D eigenvalue weighted by Crippen LogP contribution is 2.25. The van der Waals surface area contributed by atoms with Gasteiger partial charge in [0.1, 0.15) is 5.75 Å². The zero-order chi connectivity index (χ0) is 11.6. The molecule has 0 fully saturated rings. The minimum Gasteiger partial charge on any atom is -0.497 e. The zero-order valence-corrected chi connectivity index (χ0v) is 9.84. The number of benzene rings is 1. The molecule has 0 amide bonds. The van der Waals surface area contributed by atoms with E-state index in [0.717, 1.165) is 6.26 Å². The molecule has 84 valence electrons. The van der Waals surface area contributed by atoms with Crippen molar-refractivity contribution in [2.45, 2.75) is 17.9 Å². The molecule has 1 rings (SSSR count). The van der Waals surface area contributed by atoms with Gasteiger partial charge in [-0.1, -0.05) is 6.07 Å². The van der Waals surface area contributed by atoms with Crippen LogP contribution >= 0.6 is 0 Å². The molecule has 0 saturated carbocycles. The van der Waals surface area contributed by atoms with Crippen molar-refractivity contribution in [3.05, 3.63) is 23.8 Å². The maximum atomic E-state index is 11.5. The van der Waals surface area contributed by atoms with Crippen LogP contribution in [0.4, 0.5) is 0 Å². The van der Waals surface area contributed by atoms with Gasteiger partial charge in [-0.05, 0) is 24.6 Å². The van der Waals surface area contributed by atoms with Crippen LogP contribution in [0.3, 0.4) is 0 Å². The summed E-state index contributed by atoms with van der Waals surface area (Å²) in [6, 6.07) is 4.56. The van der Waals surface area contributed by atoms with Gasteiger partial charge in [0.25, 0.3) is 0 Å². The molecule has 2 N–H and O–H groups in total. The quantitative estimate of drug-likeness (QED) is 0.843. The SMILES string of the molecule is COc1ccc([C@@H](C)N)c(S(C)(=O)=O)c1. The maximum Gasteiger partial charge on any atom is 0.175 e. The van der Waals surface area contributed by atoms with Crippen LogP contribution < -0.4 is 10.5 Å². The van der Waals surface area contributed by atoms with Crippen LogP contribution in [0.1, 0.15) is 18.5 Å². The van der Waals surface area contributed by atoms with Crippen molar-refractivity contribution in [1.82, 2.24) is 0 Å². The van der Waals surface area contributed by atoms with Crippen LogP contribution in [0, 0.1) is 0 Å². The third-order valence-electron chi connectivity index (χ3n) is 2.11. The largest absolute Gasteiger partial charge is 0.497 e. The molecule has 0 radical (unpaired) electrons. The summed E-state index contributed by atoms with van der Waals surface area (Å²) >= 11 is 0. The van der Waals surface area contributed by atoms with Gasteiger partial charge >= 0.3 is 0 Å². The van der Waals surface area contributed by atoms with E-state index in [1.54, 1.807) is 19.1 Å². The first-order valence-corrected chi connectivity index (χ1v) is 6.39. The van der Waals surface area contributed by atoms with Gasteiger partial charge in [-0.3, -0.25) is 0 Å². The number of hydrogen-bond acceptors (Lipinski definition) is 4. The Balaban J connectivity index is 3.43. The van der Waals surface area contributed by atoms with Crippen LogP contribution in [0.5, 0.6) is 5.75 Å². The highest BCUT2D eigenvalue weighted by atomic mass is 32.2. The Morgan fingerprint density at radius 2 is 2.00 bits per heavy atom. The lowest BCUT2D eigenvalue weighted by Gasteiger charge is -2.12. The Bertz CT molecular complexity index is 452. The number of sulfone groups is 1. The first-order chi connectivity index (χ1) is 6.86. The average molecular weight is 229 g/mol. The Hall–Kier alpha value is -1.07. The van der Waals surface area contributed by atoms with Gasteiger partial charge in [-0.25, -0.2) is 8.42 Å². The lowest BCUT2D eigenvalue weighted by molar-refractivity contribution is 0.413. The van der Waals surface area contributed by atoms with E-state index in [4.69, 9.17) is 10.5 Å². The van der Waals surface area contributed by atoms with E-state index in [9.17, 15) is 8.42 Å². The number of ether oxygens (including phenoxy) is 1. The van der Waals surface area contributed by atoms with Crippen molar-refractivity contribution in [3.63, 3.8) is 0 Å². The summed E-state index contributed by atoms with van der Waals surface area (Å²) in [5, 5.41) is 0. The Morgan fingerprint density at radius 1 is 1.40 bits per heavy atom. The van der Waals surface area contributed by atoms with E-state index < -0.39 is 9.84 Å². The van der Waals surface area contributed by atoms with Gasteiger partial charge in [0.05, 0.1) is 12.0 Å². The van der Waals surface area contributed by atoms with Gasteiger partial charge in [-0.2, -0.15) is 0 Å². The predicted molar refractivity (Wildman–Crippen MR) is 58.7 cm³/mol. The van der Waals surface area contributed by atoms with E-state index in [0.29, 0.717) is 11.3 Å². The van der Waals surface area contributed by atoms with E-state index in [1.165, 1.54) is 13.2 Å². The van der Waals surface area contributed by atoms with Crippen molar-refractivity contribution in [1.29, 1.82) is 0 Å². The number of methoxy groups -OCH3 is 1. The lowest BCUT2D eigenvalue weighted by Crippen LogP contribution is -2.11. The fourth-order valence-electron chi connectivity index (χ4n) is 1.34. The first-order valence-electron chi connectivity index (χ1n) is 4.50. The summed E-state index contributed by atoms with van der Waals surface area (Å²) in [4.78, 5) is 0.233. The summed E-state index contributed by atoms with van der Waals surface area (Å²) in [5.74, 6) is 0.514. The van der Waals surface area contributed by atoms with Crippen molar-refractivity contribution < 1.29 is 13.2 Å². The molecule has 0 aromatic heterocycles. The van der Waals surface area contributed by atoms with Gasteiger partial charge in [0.15, 0.2) is 9.84 Å². The first kappa shape index (κ1) is 12.0. The zero-order valence-electron chi connectivity index (χ0n) is 9.02. The molecule has 1 aromatic rings. The third kappa shape index (κ3) is 2.70. The molecule has 0 aliphatic heterocycles. The van der Waals surface area contributed by atoms with Crippen molar-refractivity contribution in [2.24, 2.45) is 5.73 Å². The molecule has 0 bridgehead atoms. The Labute approximate surface area is 90.0 Å². The van der Waals surface area contributed by atoms with E-state index in [2.05, 4.69) is 0 Å². The number of hydrogen-bond donors (Lipinski definition) is 1. The van der Waals surface area contributed by atoms with Gasteiger partial charge in [-0.15, -0.1) is 0 Å². The molecule has 4 nitrogen and oxygen atoms in total. The minimum absolute atomic E-state index is 0.233. The van der Waals surface area contributed by atoms with Crippen LogP contribution in [0.2, 0.25) is 0 Å². The lowest BCUT2D eigenvalue weighted by atomic mass is 10.1. The van der Waals surface area contributed by atoms with E-state index >= 15 is 0 Å². The summed E-state index contributed by atoms with van der Waals surface area (Å²) in [7, 11) is -1.78. The monoisotopic (exact) mass is 229 g/mol. The van der Waals surface area contributed by atoms with Crippen LogP contribution in [0.25, 0.3) is 0 Å².